The normalized spacial score (nSPS) is 11.5. The molecule has 0 unspecified atom stereocenters. The Morgan fingerprint density at radius 2 is 2.06 bits per heavy atom. The Labute approximate surface area is 100 Å². The zero-order valence-corrected chi connectivity index (χ0v) is 9.72. The van der Waals surface area contributed by atoms with E-state index in [1.165, 1.54) is 12.1 Å². The van der Waals surface area contributed by atoms with Crippen LogP contribution in [0.1, 0.15) is 6.92 Å². The summed E-state index contributed by atoms with van der Waals surface area (Å²) in [6, 6.07) is 6.39. The predicted molar refractivity (Wildman–Crippen MR) is 65.0 cm³/mol. The molecule has 0 saturated carbocycles. The van der Waals surface area contributed by atoms with Gasteiger partial charge < -0.3 is 20.3 Å². The number of aliphatic imine (C=N–C) groups is 1. The quantitative estimate of drug-likeness (QED) is 0.297. The number of benzene rings is 1. The van der Waals surface area contributed by atoms with Gasteiger partial charge in [-0.25, -0.2) is 0 Å². The van der Waals surface area contributed by atoms with Gasteiger partial charge in [0.05, 0.1) is 12.4 Å². The van der Waals surface area contributed by atoms with E-state index in [-0.39, 0.29) is 18.5 Å². The third kappa shape index (κ3) is 5.74. The minimum absolute atomic E-state index is 0.0553. The lowest BCUT2D eigenvalue weighted by atomic mass is 10.3. The maximum atomic E-state index is 9.08. The van der Waals surface area contributed by atoms with Gasteiger partial charge in [0.25, 0.3) is 6.02 Å². The first-order valence-electron chi connectivity index (χ1n) is 5.27. The lowest BCUT2D eigenvalue weighted by Crippen LogP contribution is -2.26. The SMILES string of the molecule is CCOCNCOC(N)=Nc1ccc(O)cc1. The molecule has 6 nitrogen and oxygen atoms in total. The Morgan fingerprint density at radius 1 is 1.35 bits per heavy atom. The van der Waals surface area contributed by atoms with Crippen LogP contribution in [0.4, 0.5) is 5.69 Å². The third-order valence-corrected chi connectivity index (χ3v) is 1.82. The van der Waals surface area contributed by atoms with Crippen molar-refractivity contribution in [3.8, 4) is 5.75 Å². The van der Waals surface area contributed by atoms with Crippen LogP contribution in [0.5, 0.6) is 5.75 Å². The van der Waals surface area contributed by atoms with Gasteiger partial charge in [-0.15, -0.1) is 0 Å². The molecule has 1 aromatic carbocycles. The zero-order valence-electron chi connectivity index (χ0n) is 9.72. The fraction of sp³-hybridized carbons (Fsp3) is 0.364. The zero-order chi connectivity index (χ0) is 12.5. The Morgan fingerprint density at radius 3 is 2.71 bits per heavy atom. The third-order valence-electron chi connectivity index (χ3n) is 1.82. The standard InChI is InChI=1S/C11H17N3O3/c1-2-16-7-13-8-17-11(12)14-9-3-5-10(15)6-4-9/h3-6,13,15H,2,7-8H2,1H3,(H2,12,14). The Bertz CT molecular complexity index is 351. The van der Waals surface area contributed by atoms with Crippen LogP contribution in [-0.2, 0) is 9.47 Å². The molecule has 94 valence electrons. The number of nitrogens with zero attached hydrogens (tertiary/aromatic N) is 1. The first-order chi connectivity index (χ1) is 8.22. The molecule has 6 heteroatoms. The summed E-state index contributed by atoms with van der Waals surface area (Å²) in [7, 11) is 0. The fourth-order valence-electron chi connectivity index (χ4n) is 1.03. The molecule has 0 atom stereocenters. The van der Waals surface area contributed by atoms with E-state index in [0.29, 0.717) is 19.0 Å². The number of phenolic OH excluding ortho intramolecular Hbond substituents is 1. The molecule has 1 rings (SSSR count). The topological polar surface area (TPSA) is 89.1 Å². The lowest BCUT2D eigenvalue weighted by Gasteiger charge is -2.06. The second kappa shape index (κ2) is 7.48. The van der Waals surface area contributed by atoms with Crippen LogP contribution >= 0.6 is 0 Å². The number of hydrogen-bond acceptors (Lipinski definition) is 5. The summed E-state index contributed by atoms with van der Waals surface area (Å²) in [4.78, 5) is 4.00. The van der Waals surface area contributed by atoms with Crippen molar-refractivity contribution in [2.24, 2.45) is 10.7 Å². The number of phenols is 1. The molecular formula is C11H17N3O3. The summed E-state index contributed by atoms with van der Waals surface area (Å²) in [5, 5.41) is 11.9. The van der Waals surface area contributed by atoms with Gasteiger partial charge in [0.1, 0.15) is 12.5 Å². The predicted octanol–water partition coefficient (Wildman–Crippen LogP) is 0.896. The Balaban J connectivity index is 2.31. The van der Waals surface area contributed by atoms with E-state index < -0.39 is 0 Å². The Kier molecular flexibility index (Phi) is 5.84. The average molecular weight is 239 g/mol. The summed E-state index contributed by atoms with van der Waals surface area (Å²) in [6.45, 7) is 3.18. The van der Waals surface area contributed by atoms with Crippen LogP contribution in [-0.4, -0.2) is 31.2 Å². The highest BCUT2D eigenvalue weighted by molar-refractivity contribution is 5.75. The molecule has 0 aliphatic carbocycles. The Hall–Kier alpha value is -1.79. The van der Waals surface area contributed by atoms with E-state index in [1.54, 1.807) is 12.1 Å². The molecule has 0 radical (unpaired) electrons. The molecule has 0 aliphatic heterocycles. The number of nitrogens with one attached hydrogen (secondary N) is 1. The van der Waals surface area contributed by atoms with Crippen molar-refractivity contribution in [1.29, 1.82) is 0 Å². The number of ether oxygens (including phenoxy) is 2. The minimum atomic E-state index is 0.0553. The molecule has 0 spiro atoms. The molecule has 0 aliphatic rings. The van der Waals surface area contributed by atoms with Crippen LogP contribution in [0.15, 0.2) is 29.3 Å². The second-order valence-corrected chi connectivity index (χ2v) is 3.14. The van der Waals surface area contributed by atoms with Gasteiger partial charge in [-0.05, 0) is 31.2 Å². The van der Waals surface area contributed by atoms with E-state index in [2.05, 4.69) is 10.3 Å². The first-order valence-corrected chi connectivity index (χ1v) is 5.27. The van der Waals surface area contributed by atoms with Gasteiger partial charge in [0, 0.05) is 6.61 Å². The van der Waals surface area contributed by atoms with Crippen molar-refractivity contribution in [1.82, 2.24) is 5.32 Å². The van der Waals surface area contributed by atoms with E-state index in [1.807, 2.05) is 6.92 Å². The highest BCUT2D eigenvalue weighted by atomic mass is 16.5. The molecule has 0 aromatic heterocycles. The highest BCUT2D eigenvalue weighted by Gasteiger charge is 1.95. The monoisotopic (exact) mass is 239 g/mol. The van der Waals surface area contributed by atoms with Gasteiger partial charge in [-0.3, -0.25) is 5.32 Å². The van der Waals surface area contributed by atoms with Crippen LogP contribution in [0, 0.1) is 0 Å². The van der Waals surface area contributed by atoms with Gasteiger partial charge in [-0.1, -0.05) is 0 Å². The average Bonchev–Trinajstić information content (AvgIpc) is 2.32. The van der Waals surface area contributed by atoms with Gasteiger partial charge in [0.15, 0.2) is 0 Å². The van der Waals surface area contributed by atoms with Crippen LogP contribution in [0.25, 0.3) is 0 Å². The molecule has 0 saturated heterocycles. The molecule has 1 aromatic rings. The number of aromatic hydroxyl groups is 1. The largest absolute Gasteiger partial charge is 0.508 e. The van der Waals surface area contributed by atoms with Crippen molar-refractivity contribution in [3.05, 3.63) is 24.3 Å². The minimum Gasteiger partial charge on any atom is -0.508 e. The number of rotatable bonds is 6. The molecular weight excluding hydrogens is 222 g/mol. The molecule has 0 bridgehead atoms. The van der Waals surface area contributed by atoms with E-state index >= 15 is 0 Å². The summed E-state index contributed by atoms with van der Waals surface area (Å²) in [5.41, 5.74) is 6.16. The number of nitrogens with two attached hydrogens (primary N) is 1. The lowest BCUT2D eigenvalue weighted by molar-refractivity contribution is 0.105. The van der Waals surface area contributed by atoms with E-state index in [0.717, 1.165) is 0 Å². The van der Waals surface area contributed by atoms with Gasteiger partial charge in [0.2, 0.25) is 0 Å². The number of amidine groups is 1. The summed E-state index contributed by atoms with van der Waals surface area (Å²) < 4.78 is 10.1. The molecule has 0 fully saturated rings. The van der Waals surface area contributed by atoms with Crippen LogP contribution < -0.4 is 11.1 Å². The molecule has 0 heterocycles. The van der Waals surface area contributed by atoms with Gasteiger partial charge in [-0.2, -0.15) is 4.99 Å². The van der Waals surface area contributed by atoms with E-state index in [9.17, 15) is 0 Å². The first kappa shape index (κ1) is 13.3. The fourth-order valence-corrected chi connectivity index (χ4v) is 1.03. The maximum absolute atomic E-state index is 9.08. The molecule has 17 heavy (non-hydrogen) atoms. The van der Waals surface area contributed by atoms with Crippen LogP contribution in [0.2, 0.25) is 0 Å². The summed E-state index contributed by atoms with van der Waals surface area (Å²) in [6.07, 6.45) is 0. The van der Waals surface area contributed by atoms with Crippen molar-refractivity contribution >= 4 is 11.7 Å². The smallest absolute Gasteiger partial charge is 0.288 e. The second-order valence-electron chi connectivity index (χ2n) is 3.14. The highest BCUT2D eigenvalue weighted by Crippen LogP contribution is 2.16. The number of hydrogen-bond donors (Lipinski definition) is 3. The van der Waals surface area contributed by atoms with Crippen molar-refractivity contribution < 1.29 is 14.6 Å². The van der Waals surface area contributed by atoms with Gasteiger partial charge >= 0.3 is 0 Å². The maximum Gasteiger partial charge on any atom is 0.288 e. The van der Waals surface area contributed by atoms with Crippen molar-refractivity contribution in [2.45, 2.75) is 6.92 Å². The molecule has 4 N–H and O–H groups in total. The van der Waals surface area contributed by atoms with Crippen molar-refractivity contribution in [3.63, 3.8) is 0 Å². The summed E-state index contributed by atoms with van der Waals surface area (Å²) >= 11 is 0. The van der Waals surface area contributed by atoms with Crippen molar-refractivity contribution in [2.75, 3.05) is 20.1 Å². The summed E-state index contributed by atoms with van der Waals surface area (Å²) in [5.74, 6) is 0.182. The molecule has 0 amide bonds. The van der Waals surface area contributed by atoms with Crippen LogP contribution in [0.3, 0.4) is 0 Å². The van der Waals surface area contributed by atoms with E-state index in [4.69, 9.17) is 20.3 Å².